The summed E-state index contributed by atoms with van der Waals surface area (Å²) in [5.74, 6) is 0. The topological polar surface area (TPSA) is 16.5 Å². The highest BCUT2D eigenvalue weighted by Crippen LogP contribution is 2.36. The number of thiocarbonyl (C=S) groups is 1. The lowest BCUT2D eigenvalue weighted by Gasteiger charge is -2.10. The van der Waals surface area contributed by atoms with Crippen LogP contribution < -0.4 is 10.2 Å². The van der Waals surface area contributed by atoms with Crippen LogP contribution in [0.25, 0.3) is 0 Å². The first-order valence-corrected chi connectivity index (χ1v) is 8.52. The number of thioether (sulfide) groups is 1. The van der Waals surface area contributed by atoms with Crippen LogP contribution >= 0.6 is 24.0 Å². The molecule has 1 aromatic carbocycles. The number of hydrogen-bond acceptors (Lipinski definition) is 3. The van der Waals surface area contributed by atoms with Crippen molar-refractivity contribution in [1.29, 1.82) is 0 Å². The average Bonchev–Trinajstić information content (AvgIpc) is 2.42. The number of alkyl halides is 3. The fourth-order valence-electron chi connectivity index (χ4n) is 1.61. The number of nitrogens with one attached hydrogen (secondary N) is 2. The van der Waals surface area contributed by atoms with Crippen LogP contribution in [0.5, 0.6) is 0 Å². The van der Waals surface area contributed by atoms with E-state index in [1.54, 1.807) is 4.90 Å². The maximum Gasteiger partial charge on any atom is 0.446 e. The first-order chi connectivity index (χ1) is 10.2. The highest BCUT2D eigenvalue weighted by Gasteiger charge is 2.28. The van der Waals surface area contributed by atoms with E-state index in [-0.39, 0.29) is 21.0 Å². The molecule has 0 aliphatic carbocycles. The standard InChI is InChI=1S/C8H6F3NS3.C6H15N/c9-8(10,11)15-6-3-1-5(2-4-6)12-7(13)14;1-4-7(5-2)6-3/h1-4H,(H2,12,13,14);4-6H2,1-3H3. The van der Waals surface area contributed by atoms with E-state index in [0.29, 0.717) is 5.69 Å². The molecule has 0 saturated heterocycles. The smallest absolute Gasteiger partial charge is 0.411 e. The molecule has 0 unspecified atom stereocenters. The van der Waals surface area contributed by atoms with E-state index < -0.39 is 5.51 Å². The SMILES string of the molecule is CC[NH+](CC)CC.FC(F)(F)Sc1ccc(NC(=S)[S-])cc1. The fraction of sp³-hybridized carbons (Fsp3) is 0.500. The molecule has 126 valence electrons. The summed E-state index contributed by atoms with van der Waals surface area (Å²) in [5.41, 5.74) is -3.68. The van der Waals surface area contributed by atoms with Gasteiger partial charge in [-0.15, -0.1) is 0 Å². The normalized spacial score (nSPS) is 10.9. The molecule has 0 aliphatic rings. The Hall–Kier alpha value is -0.570. The third kappa shape index (κ3) is 11.1. The van der Waals surface area contributed by atoms with Gasteiger partial charge in [-0.05, 0) is 56.8 Å². The molecule has 2 nitrogen and oxygen atoms in total. The van der Waals surface area contributed by atoms with Crippen LogP contribution in [-0.4, -0.2) is 29.5 Å². The first kappa shape index (κ1) is 21.4. The van der Waals surface area contributed by atoms with Gasteiger partial charge in [0, 0.05) is 10.6 Å². The van der Waals surface area contributed by atoms with E-state index >= 15 is 0 Å². The second-order valence-corrected chi connectivity index (χ2v) is 6.51. The molecule has 0 saturated carbocycles. The number of hydrogen-bond donors (Lipinski definition) is 2. The number of halogens is 3. The Bertz CT molecular complexity index is 426. The summed E-state index contributed by atoms with van der Waals surface area (Å²) in [5, 5.41) is 2.65. The van der Waals surface area contributed by atoms with Gasteiger partial charge in [0.1, 0.15) is 0 Å². The molecule has 0 aliphatic heterocycles. The van der Waals surface area contributed by atoms with Gasteiger partial charge in [0.25, 0.3) is 0 Å². The Morgan fingerprint density at radius 1 is 1.14 bits per heavy atom. The number of quaternary nitrogens is 1. The van der Waals surface area contributed by atoms with Gasteiger partial charge in [0.15, 0.2) is 0 Å². The van der Waals surface area contributed by atoms with Crippen molar-refractivity contribution in [2.45, 2.75) is 31.2 Å². The monoisotopic (exact) mass is 370 g/mol. The minimum absolute atomic E-state index is 0.128. The molecule has 8 heteroatoms. The van der Waals surface area contributed by atoms with Crippen molar-refractivity contribution in [3.05, 3.63) is 24.3 Å². The lowest BCUT2D eigenvalue weighted by atomic mass is 10.3. The maximum atomic E-state index is 12.0. The summed E-state index contributed by atoms with van der Waals surface area (Å²) < 4.78 is 36.0. The van der Waals surface area contributed by atoms with Crippen LogP contribution in [0.2, 0.25) is 0 Å². The molecule has 22 heavy (non-hydrogen) atoms. The Morgan fingerprint density at radius 3 is 1.86 bits per heavy atom. The van der Waals surface area contributed by atoms with E-state index in [2.05, 4.69) is 50.9 Å². The second kappa shape index (κ2) is 11.0. The number of anilines is 1. The zero-order chi connectivity index (χ0) is 17.2. The van der Waals surface area contributed by atoms with Crippen molar-refractivity contribution in [1.82, 2.24) is 0 Å². The number of benzene rings is 1. The largest absolute Gasteiger partial charge is 0.446 e. The molecule has 1 rings (SSSR count). The lowest BCUT2D eigenvalue weighted by molar-refractivity contribution is -0.894. The Morgan fingerprint density at radius 2 is 1.59 bits per heavy atom. The lowest BCUT2D eigenvalue weighted by Crippen LogP contribution is -3.11. The molecule has 0 radical (unpaired) electrons. The van der Waals surface area contributed by atoms with E-state index in [1.807, 2.05) is 0 Å². The maximum absolute atomic E-state index is 12.0. The van der Waals surface area contributed by atoms with Crippen LogP contribution in [0.4, 0.5) is 18.9 Å². The van der Waals surface area contributed by atoms with Gasteiger partial charge < -0.3 is 35.1 Å². The van der Waals surface area contributed by atoms with E-state index in [9.17, 15) is 13.2 Å². The van der Waals surface area contributed by atoms with Crippen molar-refractivity contribution in [3.63, 3.8) is 0 Å². The Labute approximate surface area is 145 Å². The highest BCUT2D eigenvalue weighted by atomic mass is 32.2. The Balaban J connectivity index is 0.000000534. The quantitative estimate of drug-likeness (QED) is 0.469. The third-order valence-corrected chi connectivity index (χ3v) is 3.78. The van der Waals surface area contributed by atoms with Gasteiger partial charge in [-0.25, -0.2) is 0 Å². The van der Waals surface area contributed by atoms with Crippen molar-refractivity contribution in [3.8, 4) is 0 Å². The minimum Gasteiger partial charge on any atom is -0.411 e. The van der Waals surface area contributed by atoms with Crippen molar-refractivity contribution < 1.29 is 18.1 Å². The van der Waals surface area contributed by atoms with Gasteiger partial charge in [0.2, 0.25) is 0 Å². The van der Waals surface area contributed by atoms with Crippen LogP contribution in [0.3, 0.4) is 0 Å². The Kier molecular flexibility index (Phi) is 10.8. The number of rotatable bonds is 5. The van der Waals surface area contributed by atoms with Gasteiger partial charge in [0.05, 0.1) is 19.6 Å². The fourth-order valence-corrected chi connectivity index (χ4v) is 2.38. The zero-order valence-electron chi connectivity index (χ0n) is 12.8. The first-order valence-electron chi connectivity index (χ1n) is 6.89. The molecule has 0 aromatic heterocycles. The van der Waals surface area contributed by atoms with E-state index in [4.69, 9.17) is 0 Å². The van der Waals surface area contributed by atoms with Crippen LogP contribution in [-0.2, 0) is 12.6 Å². The molecule has 0 heterocycles. The predicted molar refractivity (Wildman–Crippen MR) is 94.5 cm³/mol. The van der Waals surface area contributed by atoms with Gasteiger partial charge in [-0.3, -0.25) is 0 Å². The van der Waals surface area contributed by atoms with Crippen LogP contribution in [0.1, 0.15) is 20.8 Å². The third-order valence-electron chi connectivity index (χ3n) is 2.83. The average molecular weight is 371 g/mol. The minimum atomic E-state index is -4.26. The van der Waals surface area contributed by atoms with Gasteiger partial charge in [-0.2, -0.15) is 13.2 Å². The molecule has 0 atom stereocenters. The summed E-state index contributed by atoms with van der Waals surface area (Å²) in [6, 6.07) is 5.70. The van der Waals surface area contributed by atoms with Crippen LogP contribution in [0, 0.1) is 0 Å². The molecule has 0 bridgehead atoms. The summed E-state index contributed by atoms with van der Waals surface area (Å²) in [6.45, 7) is 10.5. The molecule has 0 spiro atoms. The zero-order valence-corrected chi connectivity index (χ0v) is 15.2. The summed E-state index contributed by atoms with van der Waals surface area (Å²) in [4.78, 5) is 1.81. The highest BCUT2D eigenvalue weighted by molar-refractivity contribution is 8.00. The van der Waals surface area contributed by atoms with Crippen molar-refractivity contribution in [2.75, 3.05) is 25.0 Å². The van der Waals surface area contributed by atoms with Crippen LogP contribution in [0.15, 0.2) is 29.2 Å². The molecular weight excluding hydrogens is 349 g/mol. The van der Waals surface area contributed by atoms with E-state index in [1.165, 1.54) is 43.9 Å². The molecule has 1 aromatic rings. The molecular formula is C14H21F3N2S3. The second-order valence-electron chi connectivity index (χ2n) is 4.30. The van der Waals surface area contributed by atoms with Crippen molar-refractivity contribution >= 4 is 46.6 Å². The summed E-state index contributed by atoms with van der Waals surface area (Å²) >= 11 is 9.07. The molecule has 0 amide bonds. The van der Waals surface area contributed by atoms with Crippen molar-refractivity contribution in [2.24, 2.45) is 0 Å². The summed E-state index contributed by atoms with van der Waals surface area (Å²) in [6.07, 6.45) is 0. The van der Waals surface area contributed by atoms with E-state index in [0.717, 1.165) is 0 Å². The van der Waals surface area contributed by atoms with Gasteiger partial charge in [-0.1, -0.05) is 4.32 Å². The van der Waals surface area contributed by atoms with Gasteiger partial charge >= 0.3 is 5.51 Å². The molecule has 2 N–H and O–H groups in total. The summed E-state index contributed by atoms with van der Waals surface area (Å²) in [7, 11) is 0. The molecule has 0 fully saturated rings. The predicted octanol–water partition coefficient (Wildman–Crippen LogP) is 3.47.